The van der Waals surface area contributed by atoms with Gasteiger partial charge in [-0.25, -0.2) is 9.18 Å². The van der Waals surface area contributed by atoms with Gasteiger partial charge >= 0.3 is 5.97 Å². The second-order valence-corrected chi connectivity index (χ2v) is 3.32. The maximum Gasteiger partial charge on any atom is 0.337 e. The van der Waals surface area contributed by atoms with E-state index in [4.69, 9.17) is 10.4 Å². The Kier molecular flexibility index (Phi) is 2.63. The number of benzene rings is 1. The highest BCUT2D eigenvalue weighted by molar-refractivity contribution is 5.92. The molecule has 0 atom stereocenters. The minimum atomic E-state index is -1.24. The first-order valence-corrected chi connectivity index (χ1v) is 4.75. The van der Waals surface area contributed by atoms with E-state index < -0.39 is 11.8 Å². The molecule has 84 valence electrons. The van der Waals surface area contributed by atoms with Crippen molar-refractivity contribution in [1.29, 1.82) is 5.26 Å². The Morgan fingerprint density at radius 3 is 2.76 bits per heavy atom. The van der Waals surface area contributed by atoms with Gasteiger partial charge in [0.25, 0.3) is 0 Å². The lowest BCUT2D eigenvalue weighted by atomic mass is 10.1. The zero-order chi connectivity index (χ0) is 12.4. The molecule has 1 heterocycles. The van der Waals surface area contributed by atoms with Gasteiger partial charge < -0.3 is 9.67 Å². The average molecular weight is 230 g/mol. The molecule has 2 aromatic rings. The number of hydrogen-bond donors (Lipinski definition) is 1. The molecule has 0 spiro atoms. The summed E-state index contributed by atoms with van der Waals surface area (Å²) in [7, 11) is 0. The van der Waals surface area contributed by atoms with Gasteiger partial charge in [-0.05, 0) is 24.3 Å². The standard InChI is InChI=1S/C12H7FN2O2/c13-10-5-1-4-9(12(16)17)11(10)15-6-2-3-8(15)7-14/h1-6H,(H,16,17). The number of halogens is 1. The minimum Gasteiger partial charge on any atom is -0.478 e. The van der Waals surface area contributed by atoms with Crippen LogP contribution in [0.25, 0.3) is 5.69 Å². The molecule has 0 aliphatic carbocycles. The second kappa shape index (κ2) is 4.10. The molecular formula is C12H7FN2O2. The smallest absolute Gasteiger partial charge is 0.337 e. The highest BCUT2D eigenvalue weighted by Gasteiger charge is 2.17. The van der Waals surface area contributed by atoms with Crippen molar-refractivity contribution in [1.82, 2.24) is 4.57 Å². The van der Waals surface area contributed by atoms with E-state index in [1.54, 1.807) is 6.07 Å². The third kappa shape index (κ3) is 1.76. The van der Waals surface area contributed by atoms with Crippen molar-refractivity contribution in [2.24, 2.45) is 0 Å². The summed E-state index contributed by atoms with van der Waals surface area (Å²) < 4.78 is 14.9. The fraction of sp³-hybridized carbons (Fsp3) is 0. The Hall–Kier alpha value is -2.61. The third-order valence-electron chi connectivity index (χ3n) is 2.32. The molecule has 0 aliphatic heterocycles. The molecule has 1 N–H and O–H groups in total. The Bertz CT molecular complexity index is 626. The molecule has 17 heavy (non-hydrogen) atoms. The number of carboxylic acid groups (broad SMARTS) is 1. The van der Waals surface area contributed by atoms with Crippen LogP contribution in [0.4, 0.5) is 4.39 Å². The summed E-state index contributed by atoms with van der Waals surface area (Å²) in [6.45, 7) is 0. The highest BCUT2D eigenvalue weighted by Crippen LogP contribution is 2.21. The van der Waals surface area contributed by atoms with Gasteiger partial charge in [-0.2, -0.15) is 5.26 Å². The number of aromatic carboxylic acids is 1. The number of nitrogens with zero attached hydrogens (tertiary/aromatic N) is 2. The summed E-state index contributed by atoms with van der Waals surface area (Å²) in [5.41, 5.74) is -0.128. The van der Waals surface area contributed by atoms with Crippen molar-refractivity contribution >= 4 is 5.97 Å². The molecule has 0 unspecified atom stereocenters. The zero-order valence-electron chi connectivity index (χ0n) is 8.59. The molecule has 2 rings (SSSR count). The Morgan fingerprint density at radius 2 is 2.12 bits per heavy atom. The first kappa shape index (κ1) is 10.9. The van der Waals surface area contributed by atoms with Crippen LogP contribution in [0, 0.1) is 17.1 Å². The number of nitriles is 1. The fourth-order valence-electron chi connectivity index (χ4n) is 1.60. The normalized spacial score (nSPS) is 9.88. The number of rotatable bonds is 2. The topological polar surface area (TPSA) is 66.0 Å². The van der Waals surface area contributed by atoms with Crippen molar-refractivity contribution < 1.29 is 14.3 Å². The fourth-order valence-corrected chi connectivity index (χ4v) is 1.60. The quantitative estimate of drug-likeness (QED) is 0.859. The molecule has 0 saturated carbocycles. The number of carbonyl (C=O) groups is 1. The van der Waals surface area contributed by atoms with Gasteiger partial charge in [0.2, 0.25) is 0 Å². The van der Waals surface area contributed by atoms with Crippen LogP contribution < -0.4 is 0 Å². The van der Waals surface area contributed by atoms with E-state index in [1.165, 1.54) is 29.0 Å². The van der Waals surface area contributed by atoms with E-state index >= 15 is 0 Å². The summed E-state index contributed by atoms with van der Waals surface area (Å²) in [5, 5.41) is 17.8. The lowest BCUT2D eigenvalue weighted by Gasteiger charge is -2.09. The molecule has 1 aromatic heterocycles. The van der Waals surface area contributed by atoms with Gasteiger partial charge in [-0.1, -0.05) is 6.07 Å². The van der Waals surface area contributed by atoms with Crippen LogP contribution in [0.15, 0.2) is 36.5 Å². The highest BCUT2D eigenvalue weighted by atomic mass is 19.1. The van der Waals surface area contributed by atoms with E-state index in [0.29, 0.717) is 0 Å². The van der Waals surface area contributed by atoms with E-state index in [1.807, 2.05) is 6.07 Å². The zero-order valence-corrected chi connectivity index (χ0v) is 8.59. The maximum atomic E-state index is 13.7. The van der Waals surface area contributed by atoms with Crippen LogP contribution in [-0.4, -0.2) is 15.6 Å². The Morgan fingerprint density at radius 1 is 1.35 bits per heavy atom. The van der Waals surface area contributed by atoms with Crippen LogP contribution in [0.3, 0.4) is 0 Å². The van der Waals surface area contributed by atoms with Crippen molar-refractivity contribution in [2.75, 3.05) is 0 Å². The summed E-state index contributed by atoms with van der Waals surface area (Å²) in [6.07, 6.45) is 1.45. The first-order valence-electron chi connectivity index (χ1n) is 4.75. The third-order valence-corrected chi connectivity index (χ3v) is 2.32. The molecule has 4 nitrogen and oxygen atoms in total. The number of para-hydroxylation sites is 1. The second-order valence-electron chi connectivity index (χ2n) is 3.32. The first-order chi connectivity index (χ1) is 8.15. The lowest BCUT2D eigenvalue weighted by Crippen LogP contribution is -2.08. The maximum absolute atomic E-state index is 13.7. The molecule has 0 fully saturated rings. The van der Waals surface area contributed by atoms with E-state index in [2.05, 4.69) is 0 Å². The van der Waals surface area contributed by atoms with E-state index in [-0.39, 0.29) is 16.9 Å². The average Bonchev–Trinajstić information content (AvgIpc) is 2.76. The molecule has 0 radical (unpaired) electrons. The van der Waals surface area contributed by atoms with Crippen LogP contribution >= 0.6 is 0 Å². The monoisotopic (exact) mass is 230 g/mol. The van der Waals surface area contributed by atoms with Crippen LogP contribution in [0.5, 0.6) is 0 Å². The molecule has 0 bridgehead atoms. The predicted octanol–water partition coefficient (Wildman–Crippen LogP) is 2.19. The molecule has 0 amide bonds. The van der Waals surface area contributed by atoms with Gasteiger partial charge in [0, 0.05) is 6.20 Å². The summed E-state index contributed by atoms with van der Waals surface area (Å²) in [5.74, 6) is -1.92. The molecule has 5 heteroatoms. The molecular weight excluding hydrogens is 223 g/mol. The van der Waals surface area contributed by atoms with E-state index in [0.717, 1.165) is 6.07 Å². The summed E-state index contributed by atoms with van der Waals surface area (Å²) in [6, 6.07) is 8.67. The van der Waals surface area contributed by atoms with Gasteiger partial charge in [0.15, 0.2) is 0 Å². The Balaban J connectivity index is 2.75. The largest absolute Gasteiger partial charge is 0.478 e. The predicted molar refractivity (Wildman–Crippen MR) is 57.4 cm³/mol. The van der Waals surface area contributed by atoms with Crippen LogP contribution in [-0.2, 0) is 0 Å². The summed E-state index contributed by atoms with van der Waals surface area (Å²) in [4.78, 5) is 11.0. The number of aromatic nitrogens is 1. The van der Waals surface area contributed by atoms with Crippen molar-refractivity contribution in [3.63, 3.8) is 0 Å². The van der Waals surface area contributed by atoms with Crippen molar-refractivity contribution in [3.8, 4) is 11.8 Å². The number of hydrogen-bond acceptors (Lipinski definition) is 2. The SMILES string of the molecule is N#Cc1cccn1-c1c(F)cccc1C(=O)O. The van der Waals surface area contributed by atoms with Gasteiger partial charge in [0.1, 0.15) is 17.6 Å². The van der Waals surface area contributed by atoms with Gasteiger partial charge in [-0.15, -0.1) is 0 Å². The summed E-state index contributed by atoms with van der Waals surface area (Å²) >= 11 is 0. The van der Waals surface area contributed by atoms with Crippen LogP contribution in [0.1, 0.15) is 16.1 Å². The minimum absolute atomic E-state index is 0.124. The van der Waals surface area contributed by atoms with Crippen molar-refractivity contribution in [3.05, 3.63) is 53.6 Å². The van der Waals surface area contributed by atoms with Gasteiger partial charge in [0.05, 0.1) is 11.3 Å². The Labute approximate surface area is 96.2 Å². The van der Waals surface area contributed by atoms with Crippen molar-refractivity contribution in [2.45, 2.75) is 0 Å². The van der Waals surface area contributed by atoms with Crippen LogP contribution in [0.2, 0.25) is 0 Å². The molecule has 0 saturated heterocycles. The molecule has 1 aromatic carbocycles. The number of carboxylic acids is 1. The lowest BCUT2D eigenvalue weighted by molar-refractivity contribution is 0.0696. The molecule has 0 aliphatic rings. The van der Waals surface area contributed by atoms with E-state index in [9.17, 15) is 9.18 Å². The van der Waals surface area contributed by atoms with Gasteiger partial charge in [-0.3, -0.25) is 0 Å².